The van der Waals surface area contributed by atoms with Gasteiger partial charge in [0.1, 0.15) is 0 Å². The summed E-state index contributed by atoms with van der Waals surface area (Å²) in [6, 6.07) is 5.42. The zero-order valence-corrected chi connectivity index (χ0v) is 11.5. The van der Waals surface area contributed by atoms with E-state index in [1.54, 1.807) is 18.2 Å². The van der Waals surface area contributed by atoms with Gasteiger partial charge in [-0.05, 0) is 31.0 Å². The van der Waals surface area contributed by atoms with Crippen molar-refractivity contribution in [3.63, 3.8) is 0 Å². The number of fused-ring (bicyclic) bond motifs is 1. The first-order valence-corrected chi connectivity index (χ1v) is 7.21. The van der Waals surface area contributed by atoms with E-state index in [1.165, 1.54) is 0 Å². The van der Waals surface area contributed by atoms with Crippen LogP contribution in [0, 0.1) is 0 Å². The smallest absolute Gasteiger partial charge is 0.251 e. The molecular weight excluding hydrogens is 272 g/mol. The van der Waals surface area contributed by atoms with Crippen LogP contribution in [0.25, 0.3) is 0 Å². The molecular formula is C15H16N2O4. The Morgan fingerprint density at radius 3 is 2.86 bits per heavy atom. The summed E-state index contributed by atoms with van der Waals surface area (Å²) in [5.41, 5.74) is 0.525. The molecule has 2 fully saturated rings. The number of carbonyl (C=O) groups is 2. The maximum Gasteiger partial charge on any atom is 0.251 e. The molecule has 1 aromatic carbocycles. The predicted octanol–water partition coefficient (Wildman–Crippen LogP) is 0.908. The van der Waals surface area contributed by atoms with Gasteiger partial charge in [0.05, 0.1) is 6.04 Å². The molecule has 21 heavy (non-hydrogen) atoms. The lowest BCUT2D eigenvalue weighted by atomic mass is 10.1. The summed E-state index contributed by atoms with van der Waals surface area (Å²) in [7, 11) is 0. The highest BCUT2D eigenvalue weighted by Gasteiger charge is 2.39. The summed E-state index contributed by atoms with van der Waals surface area (Å²) >= 11 is 0. The van der Waals surface area contributed by atoms with Crippen LogP contribution in [0.2, 0.25) is 0 Å². The van der Waals surface area contributed by atoms with Crippen molar-refractivity contribution in [1.82, 2.24) is 10.2 Å². The molecule has 0 aromatic heterocycles. The number of nitrogens with zero attached hydrogens (tertiary/aromatic N) is 1. The highest BCUT2D eigenvalue weighted by Crippen LogP contribution is 2.33. The van der Waals surface area contributed by atoms with Gasteiger partial charge in [-0.2, -0.15) is 0 Å². The molecule has 4 rings (SSSR count). The maximum absolute atomic E-state index is 12.3. The highest BCUT2D eigenvalue weighted by molar-refractivity contribution is 5.95. The fourth-order valence-corrected chi connectivity index (χ4v) is 2.87. The van der Waals surface area contributed by atoms with Crippen LogP contribution in [0.4, 0.5) is 0 Å². The van der Waals surface area contributed by atoms with E-state index >= 15 is 0 Å². The summed E-state index contributed by atoms with van der Waals surface area (Å²) in [6.07, 6.45) is 2.58. The minimum absolute atomic E-state index is 0.101. The van der Waals surface area contributed by atoms with Gasteiger partial charge in [-0.3, -0.25) is 9.59 Å². The number of nitrogens with one attached hydrogen (secondary N) is 1. The van der Waals surface area contributed by atoms with Crippen molar-refractivity contribution in [3.8, 4) is 11.5 Å². The fraction of sp³-hybridized carbons (Fsp3) is 0.467. The second-order valence-electron chi connectivity index (χ2n) is 5.72. The SMILES string of the molecule is O=C(N[C@H]1CC(=O)N(C2CC2)C1)c1ccc2c(c1)OCO2. The predicted molar refractivity (Wildman–Crippen MR) is 73.2 cm³/mol. The molecule has 6 heteroatoms. The second-order valence-corrected chi connectivity index (χ2v) is 5.72. The Hall–Kier alpha value is -2.24. The first-order chi connectivity index (χ1) is 10.2. The van der Waals surface area contributed by atoms with E-state index in [0.29, 0.717) is 36.1 Å². The van der Waals surface area contributed by atoms with Crippen LogP contribution >= 0.6 is 0 Å². The number of likely N-dealkylation sites (tertiary alicyclic amines) is 1. The topological polar surface area (TPSA) is 67.9 Å². The normalized spacial score (nSPS) is 23.5. The molecule has 1 saturated heterocycles. The highest BCUT2D eigenvalue weighted by atomic mass is 16.7. The second kappa shape index (κ2) is 4.65. The largest absolute Gasteiger partial charge is 0.454 e. The first-order valence-electron chi connectivity index (χ1n) is 7.21. The van der Waals surface area contributed by atoms with E-state index in [2.05, 4.69) is 5.32 Å². The molecule has 3 aliphatic rings. The molecule has 1 aromatic rings. The Bertz CT molecular complexity index is 612. The van der Waals surface area contributed by atoms with Crippen molar-refractivity contribution in [1.29, 1.82) is 0 Å². The Balaban J connectivity index is 1.43. The van der Waals surface area contributed by atoms with Gasteiger partial charge in [0.15, 0.2) is 11.5 Å². The molecule has 0 bridgehead atoms. The molecule has 6 nitrogen and oxygen atoms in total. The molecule has 110 valence electrons. The molecule has 1 atom stereocenters. The molecule has 2 heterocycles. The third-order valence-corrected chi connectivity index (χ3v) is 4.12. The van der Waals surface area contributed by atoms with Gasteiger partial charge in [0, 0.05) is 24.6 Å². The lowest BCUT2D eigenvalue weighted by Gasteiger charge is -2.16. The Morgan fingerprint density at radius 1 is 1.24 bits per heavy atom. The van der Waals surface area contributed by atoms with Crippen LogP contribution in [0.15, 0.2) is 18.2 Å². The van der Waals surface area contributed by atoms with Gasteiger partial charge in [-0.1, -0.05) is 0 Å². The van der Waals surface area contributed by atoms with Crippen molar-refractivity contribution >= 4 is 11.8 Å². The van der Waals surface area contributed by atoms with E-state index in [1.807, 2.05) is 4.90 Å². The standard InChI is InChI=1S/C15H16N2O4/c18-14-6-10(7-17(14)11-2-3-11)16-15(19)9-1-4-12-13(5-9)21-8-20-12/h1,4-5,10-11H,2-3,6-8H2,(H,16,19)/t10-/m0/s1. The third-order valence-electron chi connectivity index (χ3n) is 4.12. The summed E-state index contributed by atoms with van der Waals surface area (Å²) in [5, 5.41) is 2.93. The maximum atomic E-state index is 12.3. The Kier molecular flexibility index (Phi) is 2.77. The van der Waals surface area contributed by atoms with E-state index < -0.39 is 0 Å². The van der Waals surface area contributed by atoms with E-state index in [-0.39, 0.29) is 24.6 Å². The zero-order valence-electron chi connectivity index (χ0n) is 11.5. The van der Waals surface area contributed by atoms with Gasteiger partial charge in [0.2, 0.25) is 12.7 Å². The zero-order chi connectivity index (χ0) is 14.4. The van der Waals surface area contributed by atoms with Crippen LogP contribution in [-0.4, -0.2) is 42.1 Å². The quantitative estimate of drug-likeness (QED) is 0.897. The molecule has 0 spiro atoms. The van der Waals surface area contributed by atoms with Crippen LogP contribution < -0.4 is 14.8 Å². The molecule has 1 N–H and O–H groups in total. The summed E-state index contributed by atoms with van der Waals surface area (Å²) < 4.78 is 10.5. The van der Waals surface area contributed by atoms with Crippen molar-refractivity contribution in [3.05, 3.63) is 23.8 Å². The number of hydrogen-bond donors (Lipinski definition) is 1. The number of hydrogen-bond acceptors (Lipinski definition) is 4. The number of rotatable bonds is 3. The molecule has 0 radical (unpaired) electrons. The Morgan fingerprint density at radius 2 is 2.05 bits per heavy atom. The monoisotopic (exact) mass is 288 g/mol. The molecule has 0 unspecified atom stereocenters. The first kappa shape index (κ1) is 12.5. The van der Waals surface area contributed by atoms with E-state index in [9.17, 15) is 9.59 Å². The van der Waals surface area contributed by atoms with Crippen LogP contribution in [0.5, 0.6) is 11.5 Å². The van der Waals surface area contributed by atoms with Crippen LogP contribution in [0.3, 0.4) is 0 Å². The third kappa shape index (κ3) is 2.30. The van der Waals surface area contributed by atoms with E-state index in [0.717, 1.165) is 12.8 Å². The van der Waals surface area contributed by atoms with Gasteiger partial charge in [0.25, 0.3) is 5.91 Å². The van der Waals surface area contributed by atoms with Crippen LogP contribution in [-0.2, 0) is 4.79 Å². The van der Waals surface area contributed by atoms with Crippen molar-refractivity contribution in [2.24, 2.45) is 0 Å². The molecule has 1 saturated carbocycles. The number of ether oxygens (including phenoxy) is 2. The number of benzene rings is 1. The Labute approximate surface area is 122 Å². The lowest BCUT2D eigenvalue weighted by Crippen LogP contribution is -2.37. The fourth-order valence-electron chi connectivity index (χ4n) is 2.87. The van der Waals surface area contributed by atoms with Crippen LogP contribution in [0.1, 0.15) is 29.6 Å². The van der Waals surface area contributed by atoms with Crippen molar-refractivity contribution < 1.29 is 19.1 Å². The lowest BCUT2D eigenvalue weighted by molar-refractivity contribution is -0.128. The summed E-state index contributed by atoms with van der Waals surface area (Å²) in [4.78, 5) is 26.0. The van der Waals surface area contributed by atoms with E-state index in [4.69, 9.17) is 9.47 Å². The van der Waals surface area contributed by atoms with Crippen molar-refractivity contribution in [2.75, 3.05) is 13.3 Å². The minimum Gasteiger partial charge on any atom is -0.454 e. The van der Waals surface area contributed by atoms with Gasteiger partial charge >= 0.3 is 0 Å². The van der Waals surface area contributed by atoms with Gasteiger partial charge in [-0.15, -0.1) is 0 Å². The number of carbonyl (C=O) groups excluding carboxylic acids is 2. The van der Waals surface area contributed by atoms with Gasteiger partial charge < -0.3 is 19.7 Å². The average molecular weight is 288 g/mol. The number of amides is 2. The molecule has 1 aliphatic carbocycles. The van der Waals surface area contributed by atoms with Gasteiger partial charge in [-0.25, -0.2) is 0 Å². The molecule has 2 amide bonds. The minimum atomic E-state index is -0.177. The summed E-state index contributed by atoms with van der Waals surface area (Å²) in [6.45, 7) is 0.813. The summed E-state index contributed by atoms with van der Waals surface area (Å²) in [5.74, 6) is 1.21. The average Bonchev–Trinajstić information content (AvgIpc) is 3.09. The van der Waals surface area contributed by atoms with Crippen molar-refractivity contribution in [2.45, 2.75) is 31.3 Å². The molecule has 2 aliphatic heterocycles.